The van der Waals surface area contributed by atoms with Crippen LogP contribution in [0.5, 0.6) is 0 Å². The number of nitro groups is 1. The van der Waals surface area contributed by atoms with Gasteiger partial charge in [0.2, 0.25) is 6.20 Å². The van der Waals surface area contributed by atoms with Crippen LogP contribution in [0.4, 0.5) is 5.69 Å². The average Bonchev–Trinajstić information content (AvgIpc) is 1.90. The molecule has 5 heteroatoms. The molecule has 0 aromatic carbocycles. The molecule has 4 nitrogen and oxygen atoms in total. The number of nitrogens with one attached hydrogen (secondary N) is 1. The van der Waals surface area contributed by atoms with Crippen molar-refractivity contribution in [2.45, 2.75) is 0 Å². The molecule has 0 radical (unpaired) electrons. The Morgan fingerprint density at radius 3 is 2.60 bits per heavy atom. The molecular formula is C5H5ClN2O2. The van der Waals surface area contributed by atoms with E-state index in [1.54, 1.807) is 12.3 Å². The predicted octanol–water partition coefficient (Wildman–Crippen LogP) is -2.59. The lowest BCUT2D eigenvalue weighted by Gasteiger charge is -1.81. The van der Waals surface area contributed by atoms with E-state index in [-0.39, 0.29) is 18.1 Å². The lowest BCUT2D eigenvalue weighted by molar-refractivity contribution is -0.420. The van der Waals surface area contributed by atoms with Crippen molar-refractivity contribution >= 4 is 5.69 Å². The minimum atomic E-state index is -0.448. The summed E-state index contributed by atoms with van der Waals surface area (Å²) in [5.74, 6) is 0. The van der Waals surface area contributed by atoms with Gasteiger partial charge >= 0.3 is 5.69 Å². The highest BCUT2D eigenvalue weighted by Gasteiger charge is 2.04. The van der Waals surface area contributed by atoms with Crippen molar-refractivity contribution in [3.05, 3.63) is 34.6 Å². The minimum absolute atomic E-state index is 0. The first-order valence-electron chi connectivity index (χ1n) is 2.41. The van der Waals surface area contributed by atoms with E-state index in [1.807, 2.05) is 0 Å². The summed E-state index contributed by atoms with van der Waals surface area (Å²) in [5.41, 5.74) is 0.0810. The van der Waals surface area contributed by atoms with Gasteiger partial charge in [0.25, 0.3) is 0 Å². The van der Waals surface area contributed by atoms with Gasteiger partial charge in [-0.1, -0.05) is 0 Å². The largest absolute Gasteiger partial charge is 1.00 e. The molecule has 1 rings (SSSR count). The van der Waals surface area contributed by atoms with Gasteiger partial charge in [0.15, 0.2) is 6.20 Å². The molecule has 0 amide bonds. The Balaban J connectivity index is 0.000000810. The molecular weight excluding hydrogens is 156 g/mol. The lowest BCUT2D eigenvalue weighted by Crippen LogP contribution is -3.00. The van der Waals surface area contributed by atoms with Gasteiger partial charge in [-0.3, -0.25) is 10.1 Å². The van der Waals surface area contributed by atoms with E-state index in [0.717, 1.165) is 0 Å². The number of nitrogens with zero attached hydrogens (tertiary/aromatic N) is 1. The molecule has 1 heterocycles. The van der Waals surface area contributed by atoms with Gasteiger partial charge in [-0.25, -0.2) is 4.98 Å². The van der Waals surface area contributed by atoms with E-state index < -0.39 is 4.92 Å². The van der Waals surface area contributed by atoms with Gasteiger partial charge in [-0.2, -0.15) is 0 Å². The Bertz CT molecular complexity index is 214. The topological polar surface area (TPSA) is 57.3 Å². The molecule has 1 aromatic rings. The number of aromatic amines is 1. The molecule has 0 aliphatic heterocycles. The number of aromatic nitrogens is 1. The zero-order chi connectivity index (χ0) is 6.69. The lowest BCUT2D eigenvalue weighted by atomic mass is 10.4. The van der Waals surface area contributed by atoms with Crippen LogP contribution >= 0.6 is 0 Å². The van der Waals surface area contributed by atoms with Crippen LogP contribution in [0.1, 0.15) is 0 Å². The van der Waals surface area contributed by atoms with E-state index >= 15 is 0 Å². The molecule has 54 valence electrons. The van der Waals surface area contributed by atoms with Crippen molar-refractivity contribution in [1.82, 2.24) is 0 Å². The van der Waals surface area contributed by atoms with E-state index in [9.17, 15) is 10.1 Å². The number of hydrogen-bond donors (Lipinski definition) is 0. The number of pyridine rings is 1. The maximum absolute atomic E-state index is 9.99. The fourth-order valence-electron chi connectivity index (χ4n) is 0.497. The third-order valence-electron chi connectivity index (χ3n) is 0.901. The summed E-state index contributed by atoms with van der Waals surface area (Å²) < 4.78 is 0. The molecule has 0 unspecified atom stereocenters. The minimum Gasteiger partial charge on any atom is -1.00 e. The molecule has 0 bridgehead atoms. The van der Waals surface area contributed by atoms with Gasteiger partial charge in [0, 0.05) is 12.1 Å². The molecule has 0 saturated heterocycles. The second-order valence-electron chi connectivity index (χ2n) is 1.52. The highest BCUT2D eigenvalue weighted by atomic mass is 35.5. The van der Waals surface area contributed by atoms with Crippen LogP contribution < -0.4 is 17.4 Å². The molecule has 0 aliphatic rings. The third-order valence-corrected chi connectivity index (χ3v) is 0.901. The highest BCUT2D eigenvalue weighted by molar-refractivity contribution is 5.20. The fourth-order valence-corrected chi connectivity index (χ4v) is 0.497. The molecule has 0 atom stereocenters. The number of rotatable bonds is 1. The molecule has 1 aromatic heterocycles. The molecule has 0 spiro atoms. The Hall–Kier alpha value is -1.16. The molecule has 0 aliphatic carbocycles. The normalized spacial score (nSPS) is 8.00. The summed E-state index contributed by atoms with van der Waals surface area (Å²) in [6.45, 7) is 0. The molecule has 10 heavy (non-hydrogen) atoms. The maximum atomic E-state index is 9.99. The van der Waals surface area contributed by atoms with E-state index in [2.05, 4.69) is 4.98 Å². The summed E-state index contributed by atoms with van der Waals surface area (Å²) in [6, 6.07) is 3.01. The Labute approximate surface area is 63.5 Å². The Morgan fingerprint density at radius 1 is 1.60 bits per heavy atom. The van der Waals surface area contributed by atoms with Crippen molar-refractivity contribution < 1.29 is 22.3 Å². The second-order valence-corrected chi connectivity index (χ2v) is 1.52. The van der Waals surface area contributed by atoms with Crippen LogP contribution in [-0.2, 0) is 0 Å². The Morgan fingerprint density at radius 2 is 2.30 bits per heavy atom. The molecule has 1 N–H and O–H groups in total. The first-order valence-corrected chi connectivity index (χ1v) is 2.41. The highest BCUT2D eigenvalue weighted by Crippen LogP contribution is 2.02. The molecule has 0 fully saturated rings. The quantitative estimate of drug-likeness (QED) is 0.335. The van der Waals surface area contributed by atoms with Crippen molar-refractivity contribution in [3.8, 4) is 0 Å². The molecule has 0 saturated carbocycles. The fraction of sp³-hybridized carbons (Fsp3) is 0. The zero-order valence-corrected chi connectivity index (χ0v) is 5.71. The summed E-state index contributed by atoms with van der Waals surface area (Å²) in [5, 5.41) is 9.99. The van der Waals surface area contributed by atoms with Crippen molar-refractivity contribution in [2.75, 3.05) is 0 Å². The van der Waals surface area contributed by atoms with E-state index in [4.69, 9.17) is 0 Å². The van der Waals surface area contributed by atoms with Crippen LogP contribution in [-0.4, -0.2) is 4.92 Å². The summed E-state index contributed by atoms with van der Waals surface area (Å²) in [7, 11) is 0. The van der Waals surface area contributed by atoms with Crippen LogP contribution in [0, 0.1) is 10.1 Å². The average molecular weight is 161 g/mol. The van der Waals surface area contributed by atoms with E-state index in [0.29, 0.717) is 0 Å². The Kier molecular flexibility index (Phi) is 3.35. The van der Waals surface area contributed by atoms with Crippen molar-refractivity contribution in [3.63, 3.8) is 0 Å². The second kappa shape index (κ2) is 3.79. The number of H-pyrrole nitrogens is 1. The first-order chi connectivity index (χ1) is 4.30. The van der Waals surface area contributed by atoms with Gasteiger partial charge in [0.1, 0.15) is 0 Å². The summed E-state index contributed by atoms with van der Waals surface area (Å²) in [6.07, 6.45) is 2.95. The zero-order valence-electron chi connectivity index (χ0n) is 4.95. The predicted molar refractivity (Wildman–Crippen MR) is 29.7 cm³/mol. The van der Waals surface area contributed by atoms with Gasteiger partial charge in [0.05, 0.1) is 4.92 Å². The SMILES string of the molecule is O=[N+]([O-])c1ccc[nH+]c1.[Cl-]. The number of hydrogen-bond acceptors (Lipinski definition) is 2. The van der Waals surface area contributed by atoms with Crippen molar-refractivity contribution in [1.29, 1.82) is 0 Å². The monoisotopic (exact) mass is 160 g/mol. The summed E-state index contributed by atoms with van der Waals surface area (Å²) >= 11 is 0. The van der Waals surface area contributed by atoms with Crippen LogP contribution in [0.25, 0.3) is 0 Å². The third kappa shape index (κ3) is 1.99. The van der Waals surface area contributed by atoms with Crippen LogP contribution in [0.15, 0.2) is 24.5 Å². The standard InChI is InChI=1S/C5H4N2O2.ClH/c8-7(9)5-2-1-3-6-4-5;/h1-4H;1H. The van der Waals surface area contributed by atoms with Crippen molar-refractivity contribution in [2.24, 2.45) is 0 Å². The van der Waals surface area contributed by atoms with Crippen LogP contribution in [0.2, 0.25) is 0 Å². The summed E-state index contributed by atoms with van der Waals surface area (Å²) in [4.78, 5) is 12.1. The van der Waals surface area contributed by atoms with Gasteiger partial charge in [-0.15, -0.1) is 0 Å². The van der Waals surface area contributed by atoms with E-state index in [1.165, 1.54) is 12.3 Å². The van der Waals surface area contributed by atoms with Gasteiger partial charge < -0.3 is 12.4 Å². The maximum Gasteiger partial charge on any atom is 0.332 e. The van der Waals surface area contributed by atoms with Gasteiger partial charge in [-0.05, 0) is 0 Å². The van der Waals surface area contributed by atoms with Crippen LogP contribution in [0.3, 0.4) is 0 Å². The number of halogens is 1. The smallest absolute Gasteiger partial charge is 0.332 e. The first kappa shape index (κ1) is 8.84.